The molecule has 0 aliphatic carbocycles. The van der Waals surface area contributed by atoms with Gasteiger partial charge in [-0.3, -0.25) is 0 Å². The second-order valence-electron chi connectivity index (χ2n) is 3.53. The summed E-state index contributed by atoms with van der Waals surface area (Å²) in [4.78, 5) is 14.6. The smallest absolute Gasteiger partial charge is 0.355 e. The van der Waals surface area contributed by atoms with Crippen LogP contribution >= 0.6 is 22.6 Å². The molecule has 1 N–H and O–H groups in total. The van der Waals surface area contributed by atoms with Gasteiger partial charge in [-0.15, -0.1) is 0 Å². The van der Waals surface area contributed by atoms with Gasteiger partial charge < -0.3 is 9.72 Å². The van der Waals surface area contributed by atoms with Gasteiger partial charge in [-0.2, -0.15) is 0 Å². The van der Waals surface area contributed by atoms with Crippen LogP contribution in [0.15, 0.2) is 18.2 Å². The van der Waals surface area contributed by atoms with Crippen molar-refractivity contribution in [3.63, 3.8) is 0 Å². The molecule has 0 bridgehead atoms. The molecule has 2 heterocycles. The molecule has 0 unspecified atom stereocenters. The summed E-state index contributed by atoms with van der Waals surface area (Å²) in [5, 5.41) is 1.17. The monoisotopic (exact) mass is 313 g/mol. The maximum Gasteiger partial charge on any atom is 0.355 e. The van der Waals surface area contributed by atoms with E-state index < -0.39 is 0 Å². The molecular formula is C11H8INO2. The number of aromatic amines is 1. The number of halogens is 1. The molecule has 1 aromatic carbocycles. The van der Waals surface area contributed by atoms with Crippen molar-refractivity contribution in [3.05, 3.63) is 33.0 Å². The molecule has 0 saturated carbocycles. The molecular weight excluding hydrogens is 305 g/mol. The molecule has 4 heteroatoms. The van der Waals surface area contributed by atoms with E-state index in [2.05, 4.69) is 33.6 Å². The number of esters is 1. The highest BCUT2D eigenvalue weighted by Crippen LogP contribution is 2.29. The summed E-state index contributed by atoms with van der Waals surface area (Å²) >= 11 is 2.30. The van der Waals surface area contributed by atoms with Gasteiger partial charge in [0.2, 0.25) is 0 Å². The Balaban J connectivity index is 2.41. The minimum atomic E-state index is -0.233. The van der Waals surface area contributed by atoms with Crippen LogP contribution in [-0.4, -0.2) is 17.6 Å². The van der Waals surface area contributed by atoms with Crippen molar-refractivity contribution >= 4 is 39.5 Å². The van der Waals surface area contributed by atoms with Crippen molar-refractivity contribution in [2.75, 3.05) is 6.61 Å². The van der Waals surface area contributed by atoms with Gasteiger partial charge >= 0.3 is 5.97 Å². The third-order valence-corrected chi connectivity index (χ3v) is 3.57. The Morgan fingerprint density at radius 3 is 3.13 bits per heavy atom. The molecule has 0 amide bonds. The van der Waals surface area contributed by atoms with Crippen molar-refractivity contribution < 1.29 is 9.53 Å². The van der Waals surface area contributed by atoms with Crippen LogP contribution in [0.2, 0.25) is 0 Å². The van der Waals surface area contributed by atoms with Gasteiger partial charge in [0.15, 0.2) is 0 Å². The molecule has 1 aliphatic rings. The van der Waals surface area contributed by atoms with Gasteiger partial charge in [-0.1, -0.05) is 6.07 Å². The molecule has 1 aromatic heterocycles. The summed E-state index contributed by atoms with van der Waals surface area (Å²) in [5.41, 5.74) is 2.75. The number of rotatable bonds is 0. The molecule has 3 rings (SSSR count). The number of cyclic esters (lactones) is 1. The predicted molar refractivity (Wildman–Crippen MR) is 65.0 cm³/mol. The number of benzene rings is 1. The van der Waals surface area contributed by atoms with E-state index in [0.717, 1.165) is 17.5 Å². The highest BCUT2D eigenvalue weighted by atomic mass is 127. The predicted octanol–water partition coefficient (Wildman–Crippen LogP) is 2.49. The fourth-order valence-corrected chi connectivity index (χ4v) is 2.84. The molecule has 0 atom stereocenters. The van der Waals surface area contributed by atoms with Crippen LogP contribution in [0, 0.1) is 3.57 Å². The fourth-order valence-electron chi connectivity index (χ4n) is 2.01. The first-order chi connectivity index (χ1) is 7.27. The summed E-state index contributed by atoms with van der Waals surface area (Å²) < 4.78 is 6.18. The molecule has 0 spiro atoms. The van der Waals surface area contributed by atoms with Crippen LogP contribution in [-0.2, 0) is 11.2 Å². The van der Waals surface area contributed by atoms with E-state index in [9.17, 15) is 4.79 Å². The zero-order valence-electron chi connectivity index (χ0n) is 7.84. The van der Waals surface area contributed by atoms with Crippen LogP contribution in [0.5, 0.6) is 0 Å². The number of carbonyl (C=O) groups is 1. The Morgan fingerprint density at radius 1 is 1.40 bits per heavy atom. The largest absolute Gasteiger partial charge is 0.461 e. The third kappa shape index (κ3) is 1.27. The SMILES string of the molecule is O=C1OCCc2c1[nH]c1cccc(I)c21. The maximum absolute atomic E-state index is 11.5. The number of hydrogen-bond donors (Lipinski definition) is 1. The lowest BCUT2D eigenvalue weighted by Crippen LogP contribution is -2.16. The zero-order chi connectivity index (χ0) is 10.4. The molecule has 1 aliphatic heterocycles. The van der Waals surface area contributed by atoms with E-state index in [-0.39, 0.29) is 5.97 Å². The third-order valence-electron chi connectivity index (χ3n) is 2.67. The number of ether oxygens (including phenoxy) is 1. The van der Waals surface area contributed by atoms with Gasteiger partial charge in [0.25, 0.3) is 0 Å². The maximum atomic E-state index is 11.5. The second kappa shape index (κ2) is 3.23. The molecule has 0 radical (unpaired) electrons. The number of nitrogens with one attached hydrogen (secondary N) is 1. The Hall–Kier alpha value is -1.04. The Morgan fingerprint density at radius 2 is 2.27 bits per heavy atom. The van der Waals surface area contributed by atoms with E-state index in [1.54, 1.807) is 0 Å². The molecule has 0 fully saturated rings. The van der Waals surface area contributed by atoms with E-state index in [1.807, 2.05) is 12.1 Å². The van der Waals surface area contributed by atoms with Crippen molar-refractivity contribution in [2.45, 2.75) is 6.42 Å². The van der Waals surface area contributed by atoms with Gasteiger partial charge in [-0.25, -0.2) is 4.79 Å². The average molecular weight is 313 g/mol. The summed E-state index contributed by atoms with van der Waals surface area (Å²) in [6.45, 7) is 0.490. The van der Waals surface area contributed by atoms with Crippen molar-refractivity contribution in [1.82, 2.24) is 4.98 Å². The summed E-state index contributed by atoms with van der Waals surface area (Å²) in [6.07, 6.45) is 0.807. The Kier molecular flexibility index (Phi) is 1.98. The zero-order valence-corrected chi connectivity index (χ0v) is 10.00. The number of H-pyrrole nitrogens is 1. The quantitative estimate of drug-likeness (QED) is 0.600. The van der Waals surface area contributed by atoms with E-state index in [4.69, 9.17) is 4.74 Å². The lowest BCUT2D eigenvalue weighted by atomic mass is 10.1. The standard InChI is InChI=1S/C11H8INO2/c12-7-2-1-3-8-9(7)6-4-5-15-11(14)10(6)13-8/h1-3,13H,4-5H2. The van der Waals surface area contributed by atoms with E-state index >= 15 is 0 Å². The normalized spacial score (nSPS) is 15.1. The van der Waals surface area contributed by atoms with Crippen molar-refractivity contribution in [3.8, 4) is 0 Å². The lowest BCUT2D eigenvalue weighted by molar-refractivity contribution is 0.0475. The van der Waals surface area contributed by atoms with Crippen LogP contribution in [0.3, 0.4) is 0 Å². The lowest BCUT2D eigenvalue weighted by Gasteiger charge is -2.11. The average Bonchev–Trinajstić information content (AvgIpc) is 2.59. The first-order valence-electron chi connectivity index (χ1n) is 4.73. The first-order valence-corrected chi connectivity index (χ1v) is 5.81. The highest BCUT2D eigenvalue weighted by molar-refractivity contribution is 14.1. The Labute approximate surface area is 99.9 Å². The fraction of sp³-hybridized carbons (Fsp3) is 0.182. The topological polar surface area (TPSA) is 42.1 Å². The van der Waals surface area contributed by atoms with Crippen LogP contribution in [0.4, 0.5) is 0 Å². The van der Waals surface area contributed by atoms with Crippen LogP contribution < -0.4 is 0 Å². The van der Waals surface area contributed by atoms with Gasteiger partial charge in [0.1, 0.15) is 5.69 Å². The van der Waals surface area contributed by atoms with Crippen molar-refractivity contribution in [2.24, 2.45) is 0 Å². The summed E-state index contributed by atoms with van der Waals surface area (Å²) in [5.74, 6) is -0.233. The van der Waals surface area contributed by atoms with Gasteiger partial charge in [-0.05, 0) is 40.3 Å². The molecule has 15 heavy (non-hydrogen) atoms. The van der Waals surface area contributed by atoms with E-state index in [0.29, 0.717) is 12.3 Å². The summed E-state index contributed by atoms with van der Waals surface area (Å²) in [6, 6.07) is 6.03. The molecule has 2 aromatic rings. The van der Waals surface area contributed by atoms with E-state index in [1.165, 1.54) is 8.96 Å². The van der Waals surface area contributed by atoms with Crippen LogP contribution in [0.1, 0.15) is 16.1 Å². The molecule has 3 nitrogen and oxygen atoms in total. The summed E-state index contributed by atoms with van der Waals surface area (Å²) in [7, 11) is 0. The number of aromatic nitrogens is 1. The minimum Gasteiger partial charge on any atom is -0.461 e. The first kappa shape index (κ1) is 9.21. The highest BCUT2D eigenvalue weighted by Gasteiger charge is 2.23. The van der Waals surface area contributed by atoms with Gasteiger partial charge in [0.05, 0.1) is 6.61 Å². The van der Waals surface area contributed by atoms with Gasteiger partial charge in [0, 0.05) is 20.9 Å². The second-order valence-corrected chi connectivity index (χ2v) is 4.69. The minimum absolute atomic E-state index is 0.233. The number of carbonyl (C=O) groups excluding carboxylic acids is 1. The number of hydrogen-bond acceptors (Lipinski definition) is 2. The van der Waals surface area contributed by atoms with Crippen molar-refractivity contribution in [1.29, 1.82) is 0 Å². The molecule has 0 saturated heterocycles. The Bertz CT molecular complexity index is 559. The number of fused-ring (bicyclic) bond motifs is 3. The van der Waals surface area contributed by atoms with Crippen LogP contribution in [0.25, 0.3) is 10.9 Å². The molecule has 76 valence electrons.